The van der Waals surface area contributed by atoms with Crippen LogP contribution in [-0.4, -0.2) is 13.2 Å². The van der Waals surface area contributed by atoms with Gasteiger partial charge < -0.3 is 4.74 Å². The highest BCUT2D eigenvalue weighted by Crippen LogP contribution is 2.39. The molecule has 0 saturated heterocycles. The number of benzene rings is 3. The van der Waals surface area contributed by atoms with Crippen molar-refractivity contribution in [1.82, 2.24) is 0 Å². The van der Waals surface area contributed by atoms with E-state index in [1.165, 1.54) is 39.1 Å². The van der Waals surface area contributed by atoms with Crippen LogP contribution in [0.2, 0.25) is 0 Å². The van der Waals surface area contributed by atoms with Crippen molar-refractivity contribution >= 4 is 21.5 Å². The van der Waals surface area contributed by atoms with Gasteiger partial charge in [0.05, 0.1) is 6.26 Å². The Hall–Kier alpha value is -3.23. The van der Waals surface area contributed by atoms with E-state index in [1.807, 2.05) is 18.2 Å². The standard InChI is InChI=1S/C19H17N3.C5H6O/c20-22-21-12-15-6-3-5-14-9-10-17-16-7-2-1-4-13(16)8-11-18(17)19(14)15;1-2-4-6-5-3-1/h1-2,4,7-11,15H,3,5-6,12H2;1-4H,5H2. The molecule has 1 aliphatic carbocycles. The fourth-order valence-corrected chi connectivity index (χ4v) is 4.20. The summed E-state index contributed by atoms with van der Waals surface area (Å²) in [6, 6.07) is 17.5. The van der Waals surface area contributed by atoms with E-state index in [0.29, 0.717) is 12.5 Å². The minimum absolute atomic E-state index is 0.351. The molecule has 4 nitrogen and oxygen atoms in total. The zero-order valence-electron chi connectivity index (χ0n) is 15.8. The molecule has 28 heavy (non-hydrogen) atoms. The molecule has 3 aromatic rings. The molecule has 0 amide bonds. The first kappa shape index (κ1) is 18.1. The van der Waals surface area contributed by atoms with E-state index < -0.39 is 0 Å². The maximum atomic E-state index is 8.66. The number of rotatable bonds is 2. The Bertz CT molecular complexity index is 1080. The molecular weight excluding hydrogens is 346 g/mol. The summed E-state index contributed by atoms with van der Waals surface area (Å²) >= 11 is 0. The molecule has 0 N–H and O–H groups in total. The number of hydrogen-bond acceptors (Lipinski definition) is 2. The number of allylic oxidation sites excluding steroid dienone is 2. The summed E-state index contributed by atoms with van der Waals surface area (Å²) in [5.41, 5.74) is 11.5. The third kappa shape index (κ3) is 3.73. The number of nitrogens with zero attached hydrogens (tertiary/aromatic N) is 3. The van der Waals surface area contributed by atoms with Crippen molar-refractivity contribution in [3.63, 3.8) is 0 Å². The molecule has 2 aliphatic rings. The van der Waals surface area contributed by atoms with Gasteiger partial charge in [0.25, 0.3) is 0 Å². The summed E-state index contributed by atoms with van der Waals surface area (Å²) in [5, 5.41) is 9.06. The van der Waals surface area contributed by atoms with Gasteiger partial charge >= 0.3 is 0 Å². The average molecular weight is 369 g/mol. The molecule has 1 atom stereocenters. The van der Waals surface area contributed by atoms with Crippen LogP contribution < -0.4 is 0 Å². The fraction of sp³-hybridized carbons (Fsp3) is 0.250. The number of azide groups is 1. The molecule has 140 valence electrons. The topological polar surface area (TPSA) is 58.0 Å². The van der Waals surface area contributed by atoms with E-state index in [9.17, 15) is 0 Å². The Morgan fingerprint density at radius 2 is 1.89 bits per heavy atom. The number of fused-ring (bicyclic) bond motifs is 5. The molecule has 1 unspecified atom stereocenters. The third-order valence-corrected chi connectivity index (χ3v) is 5.44. The van der Waals surface area contributed by atoms with Crippen LogP contribution in [0.25, 0.3) is 32.0 Å². The van der Waals surface area contributed by atoms with Crippen LogP contribution in [0.5, 0.6) is 0 Å². The summed E-state index contributed by atoms with van der Waals surface area (Å²) in [6.45, 7) is 1.30. The lowest BCUT2D eigenvalue weighted by molar-refractivity contribution is 0.286. The molecule has 5 rings (SSSR count). The van der Waals surface area contributed by atoms with Crippen LogP contribution in [0.1, 0.15) is 29.9 Å². The maximum absolute atomic E-state index is 8.66. The molecule has 0 spiro atoms. The van der Waals surface area contributed by atoms with Crippen molar-refractivity contribution in [3.8, 4) is 0 Å². The maximum Gasteiger partial charge on any atom is 0.106 e. The normalized spacial score (nSPS) is 17.2. The highest BCUT2D eigenvalue weighted by atomic mass is 16.5. The second kappa shape index (κ2) is 8.64. The van der Waals surface area contributed by atoms with Gasteiger partial charge in [0, 0.05) is 11.5 Å². The second-order valence-electron chi connectivity index (χ2n) is 7.11. The first-order valence-corrected chi connectivity index (χ1v) is 9.76. The van der Waals surface area contributed by atoms with E-state index >= 15 is 0 Å². The number of aryl methyl sites for hydroxylation is 1. The van der Waals surface area contributed by atoms with Crippen LogP contribution in [-0.2, 0) is 11.2 Å². The quantitative estimate of drug-likeness (QED) is 0.212. The molecule has 3 aromatic carbocycles. The zero-order chi connectivity index (χ0) is 19.2. The van der Waals surface area contributed by atoms with Crippen molar-refractivity contribution in [2.75, 3.05) is 13.2 Å². The molecule has 0 fully saturated rings. The first-order chi connectivity index (χ1) is 13.9. The second-order valence-corrected chi connectivity index (χ2v) is 7.11. The molecule has 1 aliphatic heterocycles. The van der Waals surface area contributed by atoms with E-state index in [2.05, 4.69) is 58.6 Å². The van der Waals surface area contributed by atoms with Gasteiger partial charge in [0.1, 0.15) is 6.61 Å². The first-order valence-electron chi connectivity index (χ1n) is 9.76. The molecule has 0 radical (unpaired) electrons. The van der Waals surface area contributed by atoms with E-state index in [0.717, 1.165) is 19.4 Å². The Balaban J connectivity index is 0.000000275. The van der Waals surface area contributed by atoms with Crippen LogP contribution >= 0.6 is 0 Å². The lowest BCUT2D eigenvalue weighted by Crippen LogP contribution is -2.12. The van der Waals surface area contributed by atoms with Crippen molar-refractivity contribution in [3.05, 3.63) is 94.6 Å². The van der Waals surface area contributed by atoms with Gasteiger partial charge in [0.15, 0.2) is 0 Å². The molecule has 0 aromatic heterocycles. The Labute approximate surface area is 164 Å². The van der Waals surface area contributed by atoms with Gasteiger partial charge in [-0.05, 0) is 75.5 Å². The summed E-state index contributed by atoms with van der Waals surface area (Å²) < 4.78 is 4.80. The molecular formula is C24H23N3O. The lowest BCUT2D eigenvalue weighted by atomic mass is 9.79. The summed E-state index contributed by atoms with van der Waals surface area (Å²) in [4.78, 5) is 2.96. The van der Waals surface area contributed by atoms with E-state index in [-0.39, 0.29) is 0 Å². The largest absolute Gasteiger partial charge is 0.497 e. The average Bonchev–Trinajstić information content (AvgIpc) is 2.78. The van der Waals surface area contributed by atoms with Gasteiger partial charge in [-0.15, -0.1) is 0 Å². The van der Waals surface area contributed by atoms with Crippen LogP contribution in [0, 0.1) is 0 Å². The monoisotopic (exact) mass is 369 g/mol. The van der Waals surface area contributed by atoms with Gasteiger partial charge in [0.2, 0.25) is 0 Å². The minimum atomic E-state index is 0.351. The SMILES string of the molecule is C1=CCOC=C1.[N-]=[N+]=NCC1CCCc2ccc3c(ccc4ccccc43)c21. The molecule has 0 bridgehead atoms. The van der Waals surface area contributed by atoms with Crippen molar-refractivity contribution in [1.29, 1.82) is 0 Å². The Morgan fingerprint density at radius 3 is 2.64 bits per heavy atom. The summed E-state index contributed by atoms with van der Waals surface area (Å²) in [5.74, 6) is 0.351. The Kier molecular flexibility index (Phi) is 5.60. The van der Waals surface area contributed by atoms with Gasteiger partial charge in [-0.25, -0.2) is 0 Å². The molecule has 4 heteroatoms. The van der Waals surface area contributed by atoms with Crippen molar-refractivity contribution in [2.24, 2.45) is 5.11 Å². The predicted molar refractivity (Wildman–Crippen MR) is 115 cm³/mol. The number of hydrogen-bond donors (Lipinski definition) is 0. The minimum Gasteiger partial charge on any atom is -0.497 e. The highest BCUT2D eigenvalue weighted by molar-refractivity contribution is 6.08. The summed E-state index contributed by atoms with van der Waals surface area (Å²) in [7, 11) is 0. The molecule has 1 heterocycles. The van der Waals surface area contributed by atoms with Crippen LogP contribution in [0.3, 0.4) is 0 Å². The van der Waals surface area contributed by atoms with Gasteiger partial charge in [-0.1, -0.05) is 59.7 Å². The van der Waals surface area contributed by atoms with Crippen molar-refractivity contribution in [2.45, 2.75) is 25.2 Å². The van der Waals surface area contributed by atoms with Gasteiger partial charge in [-0.2, -0.15) is 0 Å². The van der Waals surface area contributed by atoms with Crippen molar-refractivity contribution < 1.29 is 4.74 Å². The summed E-state index contributed by atoms with van der Waals surface area (Å²) in [6.07, 6.45) is 10.9. The predicted octanol–water partition coefficient (Wildman–Crippen LogP) is 6.81. The fourth-order valence-electron chi connectivity index (χ4n) is 4.20. The lowest BCUT2D eigenvalue weighted by Gasteiger charge is -2.26. The zero-order valence-corrected chi connectivity index (χ0v) is 15.8. The van der Waals surface area contributed by atoms with Crippen LogP contribution in [0.4, 0.5) is 0 Å². The number of ether oxygens (including phenoxy) is 1. The van der Waals surface area contributed by atoms with Gasteiger partial charge in [-0.3, -0.25) is 0 Å². The smallest absolute Gasteiger partial charge is 0.106 e. The van der Waals surface area contributed by atoms with E-state index in [1.54, 1.807) is 6.26 Å². The highest BCUT2D eigenvalue weighted by Gasteiger charge is 2.22. The Morgan fingerprint density at radius 1 is 1.00 bits per heavy atom. The van der Waals surface area contributed by atoms with E-state index in [4.69, 9.17) is 10.3 Å². The molecule has 0 saturated carbocycles. The van der Waals surface area contributed by atoms with Crippen LogP contribution in [0.15, 0.2) is 78.1 Å². The third-order valence-electron chi connectivity index (χ3n) is 5.44.